The van der Waals surface area contributed by atoms with Crippen molar-refractivity contribution in [3.05, 3.63) is 59.9 Å². The van der Waals surface area contributed by atoms with Gasteiger partial charge in [-0.1, -0.05) is 18.2 Å². The quantitative estimate of drug-likeness (QED) is 0.481. The molecule has 0 spiro atoms. The molecule has 27 heavy (non-hydrogen) atoms. The molecule has 0 radical (unpaired) electrons. The summed E-state index contributed by atoms with van der Waals surface area (Å²) in [6.45, 7) is 2.91. The van der Waals surface area contributed by atoms with Gasteiger partial charge in [-0.2, -0.15) is 0 Å². The first-order chi connectivity index (χ1) is 13.0. The normalized spacial score (nSPS) is 14.3. The molecule has 8 heteroatoms. The van der Waals surface area contributed by atoms with E-state index >= 15 is 0 Å². The Balaban J connectivity index is 2.00. The predicted molar refractivity (Wildman–Crippen MR) is 102 cm³/mol. The Labute approximate surface area is 161 Å². The van der Waals surface area contributed by atoms with Gasteiger partial charge in [-0.3, -0.25) is 9.59 Å². The van der Waals surface area contributed by atoms with Gasteiger partial charge in [-0.15, -0.1) is 0 Å². The van der Waals surface area contributed by atoms with Crippen LogP contribution >= 0.6 is 11.9 Å². The zero-order chi connectivity index (χ0) is 19.4. The van der Waals surface area contributed by atoms with E-state index in [9.17, 15) is 9.59 Å². The summed E-state index contributed by atoms with van der Waals surface area (Å²) in [6, 6.07) is 12.8. The van der Waals surface area contributed by atoms with Crippen molar-refractivity contribution >= 4 is 35.4 Å². The summed E-state index contributed by atoms with van der Waals surface area (Å²) >= 11 is 1.41. The van der Waals surface area contributed by atoms with Crippen LogP contribution in [0.3, 0.4) is 0 Å². The van der Waals surface area contributed by atoms with Crippen LogP contribution in [0.25, 0.3) is 5.76 Å². The molecule has 1 aliphatic heterocycles. The lowest BCUT2D eigenvalue weighted by molar-refractivity contribution is -0.161. The fourth-order valence-electron chi connectivity index (χ4n) is 2.60. The maximum absolute atomic E-state index is 13.0. The van der Waals surface area contributed by atoms with E-state index in [0.717, 1.165) is 10.5 Å². The molecule has 1 aliphatic rings. The van der Waals surface area contributed by atoms with E-state index in [4.69, 9.17) is 9.47 Å². The molecule has 1 N–H and O–H groups in total. The summed E-state index contributed by atoms with van der Waals surface area (Å²) < 4.78 is 12.7. The maximum Gasteiger partial charge on any atom is 0.305 e. The van der Waals surface area contributed by atoms with Crippen LogP contribution in [0.4, 0.5) is 5.82 Å². The third kappa shape index (κ3) is 4.40. The molecular formula is C19H19N3O4S. The number of aromatic nitrogens is 1. The van der Waals surface area contributed by atoms with Crippen LogP contribution in [0.1, 0.15) is 19.4 Å². The number of anilines is 1. The highest BCUT2D eigenvalue weighted by Gasteiger charge is 2.31. The second-order valence-electron chi connectivity index (χ2n) is 5.73. The Morgan fingerprint density at radius 1 is 1.19 bits per heavy atom. The van der Waals surface area contributed by atoms with Crippen molar-refractivity contribution in [2.24, 2.45) is 0 Å². The molecule has 1 unspecified atom stereocenters. The number of fused-ring (bicyclic) bond motifs is 1. The molecule has 0 fully saturated rings. The van der Waals surface area contributed by atoms with Crippen molar-refractivity contribution < 1.29 is 19.1 Å². The van der Waals surface area contributed by atoms with E-state index in [1.807, 2.05) is 24.3 Å². The van der Waals surface area contributed by atoms with Crippen molar-refractivity contribution in [3.8, 4) is 0 Å². The average molecular weight is 385 g/mol. The lowest BCUT2D eigenvalue weighted by atomic mass is 10.1. The molecule has 0 aliphatic carbocycles. The van der Waals surface area contributed by atoms with E-state index in [1.54, 1.807) is 42.7 Å². The first-order valence-electron chi connectivity index (χ1n) is 8.27. The van der Waals surface area contributed by atoms with Crippen LogP contribution in [0.2, 0.25) is 0 Å². The standard InChI is InChI=1S/C19H19N3O4S/c1-12(23)25-13(2)26-18-14-8-4-5-9-15(14)27-22(3)17(18)19(24)21-16-10-6-7-11-20-16/h4-11,13H,1-3H3,(H,20,21,24). The minimum Gasteiger partial charge on any atom is -0.452 e. The van der Waals surface area contributed by atoms with Crippen LogP contribution in [0.15, 0.2) is 59.3 Å². The summed E-state index contributed by atoms with van der Waals surface area (Å²) in [5.74, 6) is -0.0636. The van der Waals surface area contributed by atoms with Crippen LogP contribution < -0.4 is 5.32 Å². The Bertz CT molecular complexity index is 886. The number of nitrogens with zero attached hydrogens (tertiary/aromatic N) is 2. The lowest BCUT2D eigenvalue weighted by Gasteiger charge is -2.30. The van der Waals surface area contributed by atoms with Crippen molar-refractivity contribution in [1.82, 2.24) is 9.29 Å². The molecule has 1 aromatic heterocycles. The smallest absolute Gasteiger partial charge is 0.305 e. The Morgan fingerprint density at radius 2 is 1.93 bits per heavy atom. The monoisotopic (exact) mass is 385 g/mol. The number of rotatable bonds is 5. The second kappa shape index (κ2) is 8.13. The summed E-state index contributed by atoms with van der Waals surface area (Å²) in [7, 11) is 1.77. The predicted octanol–water partition coefficient (Wildman–Crippen LogP) is 3.27. The number of pyridine rings is 1. The molecule has 0 saturated heterocycles. The summed E-state index contributed by atoms with van der Waals surface area (Å²) in [5.41, 5.74) is 1.06. The molecule has 3 rings (SSSR count). The summed E-state index contributed by atoms with van der Waals surface area (Å²) in [5, 5.41) is 2.77. The number of amides is 1. The average Bonchev–Trinajstić information content (AvgIpc) is 2.61. The van der Waals surface area contributed by atoms with Gasteiger partial charge >= 0.3 is 5.97 Å². The molecular weight excluding hydrogens is 366 g/mol. The van der Waals surface area contributed by atoms with Gasteiger partial charge in [-0.05, 0) is 36.2 Å². The first kappa shape index (κ1) is 18.8. The van der Waals surface area contributed by atoms with Gasteiger partial charge in [0.25, 0.3) is 5.91 Å². The van der Waals surface area contributed by atoms with Gasteiger partial charge in [0.05, 0.1) is 0 Å². The Morgan fingerprint density at radius 3 is 2.63 bits per heavy atom. The third-order valence-electron chi connectivity index (χ3n) is 3.63. The Hall–Kier alpha value is -3.00. The van der Waals surface area contributed by atoms with E-state index in [2.05, 4.69) is 10.3 Å². The fourth-order valence-corrected chi connectivity index (χ4v) is 3.55. The van der Waals surface area contributed by atoms with Crippen molar-refractivity contribution in [2.45, 2.75) is 25.0 Å². The van der Waals surface area contributed by atoms with Gasteiger partial charge in [0.2, 0.25) is 6.29 Å². The number of ether oxygens (including phenoxy) is 2. The largest absolute Gasteiger partial charge is 0.452 e. The number of likely N-dealkylation sites (N-methyl/N-ethyl adjacent to an activating group) is 1. The van der Waals surface area contributed by atoms with E-state index in [1.165, 1.54) is 18.9 Å². The summed E-state index contributed by atoms with van der Waals surface area (Å²) in [4.78, 5) is 29.2. The number of hydrogen-bond donors (Lipinski definition) is 1. The van der Waals surface area contributed by atoms with Gasteiger partial charge < -0.3 is 19.1 Å². The number of nitrogens with one attached hydrogen (secondary N) is 1. The fraction of sp³-hybridized carbons (Fsp3) is 0.211. The summed E-state index contributed by atoms with van der Waals surface area (Å²) in [6.07, 6.45) is 0.749. The van der Waals surface area contributed by atoms with Crippen LogP contribution in [0, 0.1) is 0 Å². The van der Waals surface area contributed by atoms with E-state index in [0.29, 0.717) is 17.3 Å². The molecule has 2 heterocycles. The zero-order valence-corrected chi connectivity index (χ0v) is 15.9. The van der Waals surface area contributed by atoms with Gasteiger partial charge in [0.1, 0.15) is 5.82 Å². The van der Waals surface area contributed by atoms with Crippen LogP contribution in [-0.4, -0.2) is 34.5 Å². The van der Waals surface area contributed by atoms with Crippen LogP contribution in [0.5, 0.6) is 0 Å². The molecule has 0 saturated carbocycles. The van der Waals surface area contributed by atoms with E-state index < -0.39 is 12.3 Å². The molecule has 2 aromatic rings. The number of esters is 1. The van der Waals surface area contributed by atoms with Gasteiger partial charge in [-0.25, -0.2) is 4.98 Å². The number of hydrogen-bond acceptors (Lipinski definition) is 7. The van der Waals surface area contributed by atoms with Crippen LogP contribution in [-0.2, 0) is 19.1 Å². The second-order valence-corrected chi connectivity index (χ2v) is 6.90. The number of carbonyl (C=O) groups is 2. The molecule has 1 aromatic carbocycles. The highest BCUT2D eigenvalue weighted by Crippen LogP contribution is 2.41. The lowest BCUT2D eigenvalue weighted by Crippen LogP contribution is -2.29. The molecule has 0 bridgehead atoms. The maximum atomic E-state index is 13.0. The highest BCUT2D eigenvalue weighted by molar-refractivity contribution is 7.97. The van der Waals surface area contributed by atoms with E-state index in [-0.39, 0.29) is 5.91 Å². The van der Waals surface area contributed by atoms with Gasteiger partial charge in [0.15, 0.2) is 11.5 Å². The molecule has 140 valence electrons. The number of benzene rings is 1. The highest BCUT2D eigenvalue weighted by atomic mass is 32.2. The molecule has 1 atom stereocenters. The number of carbonyl (C=O) groups excluding carboxylic acids is 2. The Kier molecular flexibility index (Phi) is 5.66. The van der Waals surface area contributed by atoms with Crippen molar-refractivity contribution in [2.75, 3.05) is 12.4 Å². The minimum absolute atomic E-state index is 0.309. The first-order valence-corrected chi connectivity index (χ1v) is 9.04. The van der Waals surface area contributed by atoms with Crippen molar-refractivity contribution in [1.29, 1.82) is 0 Å². The molecule has 1 amide bonds. The SMILES string of the molecule is CC(=O)OC(C)OC1=C(C(=O)Nc2ccccn2)N(C)Sc2ccccc21. The molecule has 7 nitrogen and oxygen atoms in total. The minimum atomic E-state index is -0.847. The van der Waals surface area contributed by atoms with Gasteiger partial charge in [0, 0.05) is 37.6 Å². The third-order valence-corrected chi connectivity index (χ3v) is 4.64. The van der Waals surface area contributed by atoms with Crippen molar-refractivity contribution in [3.63, 3.8) is 0 Å². The topological polar surface area (TPSA) is 80.8 Å². The zero-order valence-electron chi connectivity index (χ0n) is 15.1.